The summed E-state index contributed by atoms with van der Waals surface area (Å²) in [5.74, 6) is 0. The molecule has 1 N–H and O–H groups in total. The highest BCUT2D eigenvalue weighted by Crippen LogP contribution is 2.19. The second kappa shape index (κ2) is 3.99. The molecule has 13 heavy (non-hydrogen) atoms. The molecule has 0 aromatic heterocycles. The lowest BCUT2D eigenvalue weighted by atomic mass is 10.2. The number of urea groups is 1. The number of carbonyl (C=O) groups is 1. The third-order valence-electron chi connectivity index (χ3n) is 2.80. The van der Waals surface area contributed by atoms with Crippen LogP contribution in [-0.2, 0) is 0 Å². The van der Waals surface area contributed by atoms with Crippen LogP contribution in [0.1, 0.15) is 38.5 Å². The van der Waals surface area contributed by atoms with Gasteiger partial charge < -0.3 is 10.2 Å². The number of hydrogen-bond donors (Lipinski definition) is 1. The highest BCUT2D eigenvalue weighted by molar-refractivity contribution is 5.74. The number of carbonyl (C=O) groups excluding carboxylic acids is 1. The maximum Gasteiger partial charge on any atom is 0.317 e. The predicted octanol–water partition coefficient (Wildman–Crippen LogP) is 1.73. The van der Waals surface area contributed by atoms with E-state index in [0.29, 0.717) is 6.04 Å². The molecule has 2 amide bonds. The van der Waals surface area contributed by atoms with E-state index in [-0.39, 0.29) is 6.03 Å². The van der Waals surface area contributed by atoms with Crippen molar-refractivity contribution < 1.29 is 4.79 Å². The van der Waals surface area contributed by atoms with Crippen molar-refractivity contribution in [3.05, 3.63) is 0 Å². The first kappa shape index (κ1) is 8.85. The minimum absolute atomic E-state index is 0.171. The van der Waals surface area contributed by atoms with Crippen LogP contribution in [-0.4, -0.2) is 30.1 Å². The molecule has 1 aliphatic carbocycles. The summed E-state index contributed by atoms with van der Waals surface area (Å²) < 4.78 is 0. The van der Waals surface area contributed by atoms with Crippen LogP contribution in [0.25, 0.3) is 0 Å². The van der Waals surface area contributed by atoms with E-state index in [1.165, 1.54) is 38.5 Å². The van der Waals surface area contributed by atoms with Crippen molar-refractivity contribution in [1.82, 2.24) is 10.2 Å². The lowest BCUT2D eigenvalue weighted by Crippen LogP contribution is -2.41. The van der Waals surface area contributed by atoms with Crippen LogP contribution in [0.5, 0.6) is 0 Å². The van der Waals surface area contributed by atoms with Gasteiger partial charge in [0.1, 0.15) is 0 Å². The van der Waals surface area contributed by atoms with Gasteiger partial charge in [0, 0.05) is 19.1 Å². The van der Waals surface area contributed by atoms with Gasteiger partial charge in [-0.2, -0.15) is 0 Å². The lowest BCUT2D eigenvalue weighted by molar-refractivity contribution is 0.199. The molecular weight excluding hydrogens is 164 g/mol. The summed E-state index contributed by atoms with van der Waals surface area (Å²) in [7, 11) is 0. The Labute approximate surface area is 79.5 Å². The first-order valence-electron chi connectivity index (χ1n) is 5.42. The molecule has 3 nitrogen and oxygen atoms in total. The molecule has 74 valence electrons. The molecule has 0 aromatic carbocycles. The van der Waals surface area contributed by atoms with Gasteiger partial charge in [-0.3, -0.25) is 0 Å². The van der Waals surface area contributed by atoms with E-state index in [2.05, 4.69) is 5.32 Å². The first-order chi connectivity index (χ1) is 6.36. The van der Waals surface area contributed by atoms with Crippen LogP contribution >= 0.6 is 0 Å². The zero-order chi connectivity index (χ0) is 9.10. The number of nitrogens with zero attached hydrogens (tertiary/aromatic N) is 1. The van der Waals surface area contributed by atoms with Crippen molar-refractivity contribution >= 4 is 6.03 Å². The van der Waals surface area contributed by atoms with E-state index in [9.17, 15) is 4.79 Å². The van der Waals surface area contributed by atoms with Crippen molar-refractivity contribution in [3.63, 3.8) is 0 Å². The van der Waals surface area contributed by atoms with Crippen molar-refractivity contribution in [2.45, 2.75) is 44.6 Å². The van der Waals surface area contributed by atoms with E-state index < -0.39 is 0 Å². The van der Waals surface area contributed by atoms with Crippen LogP contribution in [0.15, 0.2) is 0 Å². The second-order valence-corrected chi connectivity index (χ2v) is 4.13. The highest BCUT2D eigenvalue weighted by atomic mass is 16.2. The normalized spacial score (nSPS) is 23.8. The zero-order valence-corrected chi connectivity index (χ0v) is 8.09. The number of nitrogens with one attached hydrogen (secondary N) is 1. The number of amides is 2. The van der Waals surface area contributed by atoms with Gasteiger partial charge in [-0.15, -0.1) is 0 Å². The van der Waals surface area contributed by atoms with Gasteiger partial charge in [0.2, 0.25) is 0 Å². The van der Waals surface area contributed by atoms with E-state index in [1.807, 2.05) is 4.90 Å². The monoisotopic (exact) mass is 182 g/mol. The van der Waals surface area contributed by atoms with Gasteiger partial charge in [0.25, 0.3) is 0 Å². The molecule has 2 rings (SSSR count). The Morgan fingerprint density at radius 3 is 2.23 bits per heavy atom. The molecule has 3 heteroatoms. The number of likely N-dealkylation sites (tertiary alicyclic amines) is 1. The SMILES string of the molecule is O=C(NC1CC1)N1CCCCCC1. The average Bonchev–Trinajstić information content (AvgIpc) is 2.87. The fourth-order valence-corrected chi connectivity index (χ4v) is 1.77. The molecule has 0 aromatic rings. The van der Waals surface area contributed by atoms with Crippen LogP contribution in [0.2, 0.25) is 0 Å². The molecule has 0 bridgehead atoms. The van der Waals surface area contributed by atoms with Crippen molar-refractivity contribution in [1.29, 1.82) is 0 Å². The molecule has 2 aliphatic rings. The number of rotatable bonds is 1. The maximum atomic E-state index is 11.6. The predicted molar refractivity (Wildman–Crippen MR) is 51.6 cm³/mol. The van der Waals surface area contributed by atoms with Gasteiger partial charge >= 0.3 is 6.03 Å². The fourth-order valence-electron chi connectivity index (χ4n) is 1.77. The van der Waals surface area contributed by atoms with Crippen molar-refractivity contribution in [2.75, 3.05) is 13.1 Å². The van der Waals surface area contributed by atoms with E-state index in [1.54, 1.807) is 0 Å². The molecule has 0 spiro atoms. The molecule has 1 saturated heterocycles. The summed E-state index contributed by atoms with van der Waals surface area (Å²) in [5, 5.41) is 3.04. The van der Waals surface area contributed by atoms with E-state index in [0.717, 1.165) is 13.1 Å². The third-order valence-corrected chi connectivity index (χ3v) is 2.80. The highest BCUT2D eigenvalue weighted by Gasteiger charge is 2.25. The zero-order valence-electron chi connectivity index (χ0n) is 8.09. The molecule has 0 unspecified atom stereocenters. The second-order valence-electron chi connectivity index (χ2n) is 4.13. The average molecular weight is 182 g/mol. The molecular formula is C10H18N2O. The topological polar surface area (TPSA) is 32.3 Å². The summed E-state index contributed by atoms with van der Waals surface area (Å²) in [6.45, 7) is 1.91. The standard InChI is InChI=1S/C10H18N2O/c13-10(11-9-5-6-9)12-7-3-1-2-4-8-12/h9H,1-8H2,(H,11,13). The Balaban J connectivity index is 1.78. The lowest BCUT2D eigenvalue weighted by Gasteiger charge is -2.20. The van der Waals surface area contributed by atoms with Crippen LogP contribution in [0.3, 0.4) is 0 Å². The van der Waals surface area contributed by atoms with Gasteiger partial charge in [-0.1, -0.05) is 12.8 Å². The Kier molecular flexibility index (Phi) is 2.71. The van der Waals surface area contributed by atoms with Gasteiger partial charge in [-0.05, 0) is 25.7 Å². The summed E-state index contributed by atoms with van der Waals surface area (Å²) in [5.41, 5.74) is 0. The molecule has 2 fully saturated rings. The Morgan fingerprint density at radius 1 is 1.08 bits per heavy atom. The third kappa shape index (κ3) is 2.61. The minimum Gasteiger partial charge on any atom is -0.335 e. The first-order valence-corrected chi connectivity index (χ1v) is 5.42. The van der Waals surface area contributed by atoms with Gasteiger partial charge in [0.05, 0.1) is 0 Å². The number of hydrogen-bond acceptors (Lipinski definition) is 1. The molecule has 0 atom stereocenters. The Bertz CT molecular complexity index is 181. The largest absolute Gasteiger partial charge is 0.335 e. The summed E-state index contributed by atoms with van der Waals surface area (Å²) in [6.07, 6.45) is 7.29. The molecule has 1 heterocycles. The van der Waals surface area contributed by atoms with Crippen LogP contribution in [0.4, 0.5) is 4.79 Å². The van der Waals surface area contributed by atoms with E-state index in [4.69, 9.17) is 0 Å². The summed E-state index contributed by atoms with van der Waals surface area (Å²) >= 11 is 0. The molecule has 1 aliphatic heterocycles. The van der Waals surface area contributed by atoms with Gasteiger partial charge in [-0.25, -0.2) is 4.79 Å². The molecule has 1 saturated carbocycles. The summed E-state index contributed by atoms with van der Waals surface area (Å²) in [4.78, 5) is 13.6. The summed E-state index contributed by atoms with van der Waals surface area (Å²) in [6, 6.07) is 0.667. The minimum atomic E-state index is 0.171. The van der Waals surface area contributed by atoms with Crippen LogP contribution < -0.4 is 5.32 Å². The smallest absolute Gasteiger partial charge is 0.317 e. The van der Waals surface area contributed by atoms with Crippen molar-refractivity contribution in [2.24, 2.45) is 0 Å². The Morgan fingerprint density at radius 2 is 1.69 bits per heavy atom. The van der Waals surface area contributed by atoms with Crippen LogP contribution in [0, 0.1) is 0 Å². The molecule has 0 radical (unpaired) electrons. The van der Waals surface area contributed by atoms with E-state index >= 15 is 0 Å². The fraction of sp³-hybridized carbons (Fsp3) is 0.900. The quantitative estimate of drug-likeness (QED) is 0.658. The Hall–Kier alpha value is -0.730. The maximum absolute atomic E-state index is 11.6. The van der Waals surface area contributed by atoms with Crippen molar-refractivity contribution in [3.8, 4) is 0 Å². The van der Waals surface area contributed by atoms with Gasteiger partial charge in [0.15, 0.2) is 0 Å².